The number of carbonyl (C=O) groups is 1. The summed E-state index contributed by atoms with van der Waals surface area (Å²) in [6.45, 7) is 2.61. The Morgan fingerprint density at radius 3 is 2.87 bits per heavy atom. The third-order valence-corrected chi connectivity index (χ3v) is 3.40. The lowest BCUT2D eigenvalue weighted by Crippen LogP contribution is -2.48. The summed E-state index contributed by atoms with van der Waals surface area (Å²) < 4.78 is 5.26. The molecule has 0 aromatic heterocycles. The van der Waals surface area contributed by atoms with Gasteiger partial charge in [0.15, 0.2) is 0 Å². The van der Waals surface area contributed by atoms with Crippen molar-refractivity contribution in [3.8, 4) is 0 Å². The molecule has 0 saturated carbocycles. The van der Waals surface area contributed by atoms with E-state index in [2.05, 4.69) is 5.32 Å². The number of carbonyl (C=O) groups excluding carboxylic acids is 1. The van der Waals surface area contributed by atoms with Gasteiger partial charge in [-0.3, -0.25) is 4.79 Å². The fourth-order valence-electron chi connectivity index (χ4n) is 2.40. The van der Waals surface area contributed by atoms with E-state index in [9.17, 15) is 4.79 Å². The molecule has 1 unspecified atom stereocenters. The Bertz CT molecular complexity index is 227. The zero-order chi connectivity index (χ0) is 10.7. The van der Waals surface area contributed by atoms with Crippen molar-refractivity contribution in [2.45, 2.75) is 37.8 Å². The smallest absolute Gasteiger partial charge is 0.239 e. The van der Waals surface area contributed by atoms with Gasteiger partial charge in [0.25, 0.3) is 0 Å². The Morgan fingerprint density at radius 2 is 2.27 bits per heavy atom. The van der Waals surface area contributed by atoms with Crippen LogP contribution in [0.2, 0.25) is 0 Å². The molecule has 4 nitrogen and oxygen atoms in total. The molecule has 2 aliphatic heterocycles. The van der Waals surface area contributed by atoms with Gasteiger partial charge in [0, 0.05) is 20.2 Å². The molecule has 0 radical (unpaired) electrons. The van der Waals surface area contributed by atoms with Crippen LogP contribution in [0.1, 0.15) is 25.7 Å². The highest BCUT2D eigenvalue weighted by Crippen LogP contribution is 2.16. The number of nitrogens with zero attached hydrogens (tertiary/aromatic N) is 1. The molecule has 0 aliphatic carbocycles. The molecule has 0 aromatic rings. The summed E-state index contributed by atoms with van der Waals surface area (Å²) >= 11 is 0. The Labute approximate surface area is 91.0 Å². The van der Waals surface area contributed by atoms with Crippen LogP contribution in [0.4, 0.5) is 0 Å². The first-order valence-electron chi connectivity index (χ1n) is 5.86. The number of ether oxygens (including phenoxy) is 1. The third kappa shape index (κ3) is 2.49. The molecule has 2 atom stereocenters. The molecule has 4 heteroatoms. The highest BCUT2D eigenvalue weighted by atomic mass is 16.5. The fraction of sp³-hybridized carbons (Fsp3) is 0.909. The molecular weight excluding hydrogens is 192 g/mol. The van der Waals surface area contributed by atoms with E-state index in [-0.39, 0.29) is 18.1 Å². The summed E-state index contributed by atoms with van der Waals surface area (Å²) in [5, 5.41) is 3.30. The van der Waals surface area contributed by atoms with E-state index in [1.165, 1.54) is 12.8 Å². The number of hydrogen-bond donors (Lipinski definition) is 1. The number of methoxy groups -OCH3 is 1. The number of amides is 1. The van der Waals surface area contributed by atoms with E-state index in [1.807, 2.05) is 4.90 Å². The standard InChI is InChI=1S/C11H20N2O2/c1-15-9-5-7-13(8-9)11(14)10-4-2-3-6-12-10/h9-10,12H,2-8H2,1H3/t9-,10?/m0/s1. The van der Waals surface area contributed by atoms with Crippen molar-refractivity contribution >= 4 is 5.91 Å². The van der Waals surface area contributed by atoms with Crippen LogP contribution in [0.5, 0.6) is 0 Å². The van der Waals surface area contributed by atoms with Crippen molar-refractivity contribution < 1.29 is 9.53 Å². The predicted molar refractivity (Wildman–Crippen MR) is 57.6 cm³/mol. The summed E-state index contributed by atoms with van der Waals surface area (Å²) in [5.74, 6) is 0.272. The molecule has 2 aliphatic rings. The van der Waals surface area contributed by atoms with E-state index < -0.39 is 0 Å². The van der Waals surface area contributed by atoms with Gasteiger partial charge in [0.05, 0.1) is 12.1 Å². The van der Waals surface area contributed by atoms with E-state index in [1.54, 1.807) is 7.11 Å². The van der Waals surface area contributed by atoms with Crippen molar-refractivity contribution in [3.63, 3.8) is 0 Å². The Kier molecular flexibility index (Phi) is 3.59. The fourth-order valence-corrected chi connectivity index (χ4v) is 2.40. The molecule has 1 amide bonds. The Hall–Kier alpha value is -0.610. The zero-order valence-corrected chi connectivity index (χ0v) is 9.37. The van der Waals surface area contributed by atoms with Crippen LogP contribution in [0.25, 0.3) is 0 Å². The summed E-state index contributed by atoms with van der Waals surface area (Å²) in [5.41, 5.74) is 0. The van der Waals surface area contributed by atoms with Crippen molar-refractivity contribution in [1.29, 1.82) is 0 Å². The molecular formula is C11H20N2O2. The van der Waals surface area contributed by atoms with Crippen LogP contribution in [-0.2, 0) is 9.53 Å². The van der Waals surface area contributed by atoms with Gasteiger partial charge in [-0.05, 0) is 25.8 Å². The van der Waals surface area contributed by atoms with E-state index in [0.29, 0.717) is 0 Å². The number of nitrogens with one attached hydrogen (secondary N) is 1. The Morgan fingerprint density at radius 1 is 1.40 bits per heavy atom. The first-order valence-corrected chi connectivity index (χ1v) is 5.86. The highest BCUT2D eigenvalue weighted by Gasteiger charge is 2.31. The van der Waals surface area contributed by atoms with E-state index in [4.69, 9.17) is 4.74 Å². The van der Waals surface area contributed by atoms with E-state index in [0.717, 1.165) is 32.5 Å². The lowest BCUT2D eigenvalue weighted by Gasteiger charge is -2.27. The van der Waals surface area contributed by atoms with Crippen molar-refractivity contribution in [2.24, 2.45) is 0 Å². The van der Waals surface area contributed by atoms with Gasteiger partial charge < -0.3 is 15.0 Å². The molecule has 0 aromatic carbocycles. The minimum Gasteiger partial charge on any atom is -0.380 e. The lowest BCUT2D eigenvalue weighted by atomic mass is 10.0. The minimum absolute atomic E-state index is 0.0642. The number of likely N-dealkylation sites (tertiary alicyclic amines) is 1. The summed E-state index contributed by atoms with van der Waals surface area (Å²) in [6.07, 6.45) is 4.59. The van der Waals surface area contributed by atoms with Gasteiger partial charge in [0.1, 0.15) is 0 Å². The zero-order valence-electron chi connectivity index (χ0n) is 9.37. The molecule has 86 valence electrons. The summed E-state index contributed by atoms with van der Waals surface area (Å²) in [4.78, 5) is 14.0. The first kappa shape index (κ1) is 10.9. The average molecular weight is 212 g/mol. The number of rotatable bonds is 2. The van der Waals surface area contributed by atoms with Gasteiger partial charge in [-0.15, -0.1) is 0 Å². The maximum absolute atomic E-state index is 12.1. The van der Waals surface area contributed by atoms with Crippen LogP contribution in [0.15, 0.2) is 0 Å². The van der Waals surface area contributed by atoms with Crippen LogP contribution in [0.3, 0.4) is 0 Å². The molecule has 2 rings (SSSR count). The monoisotopic (exact) mass is 212 g/mol. The summed E-state index contributed by atoms with van der Waals surface area (Å²) in [7, 11) is 1.72. The van der Waals surface area contributed by atoms with Crippen LogP contribution >= 0.6 is 0 Å². The second-order valence-corrected chi connectivity index (χ2v) is 4.43. The third-order valence-electron chi connectivity index (χ3n) is 3.40. The number of hydrogen-bond acceptors (Lipinski definition) is 3. The van der Waals surface area contributed by atoms with Crippen molar-refractivity contribution in [3.05, 3.63) is 0 Å². The predicted octanol–water partition coefficient (Wildman–Crippen LogP) is 0.376. The first-order chi connectivity index (χ1) is 7.31. The summed E-state index contributed by atoms with van der Waals surface area (Å²) in [6, 6.07) is 0.0642. The minimum atomic E-state index is 0.0642. The molecule has 1 N–H and O–H groups in total. The molecule has 15 heavy (non-hydrogen) atoms. The van der Waals surface area contributed by atoms with Gasteiger partial charge in [-0.2, -0.15) is 0 Å². The SMILES string of the molecule is CO[C@H]1CCN(C(=O)C2CCCCN2)C1. The van der Waals surface area contributed by atoms with Crippen LogP contribution in [-0.4, -0.2) is 49.7 Å². The normalized spacial score (nSPS) is 31.9. The second-order valence-electron chi connectivity index (χ2n) is 4.43. The van der Waals surface area contributed by atoms with E-state index >= 15 is 0 Å². The Balaban J connectivity index is 1.85. The van der Waals surface area contributed by atoms with Gasteiger partial charge >= 0.3 is 0 Å². The molecule has 0 spiro atoms. The van der Waals surface area contributed by atoms with Gasteiger partial charge in [-0.25, -0.2) is 0 Å². The number of piperidine rings is 1. The van der Waals surface area contributed by atoms with Gasteiger partial charge in [0.2, 0.25) is 5.91 Å². The quantitative estimate of drug-likeness (QED) is 0.719. The molecule has 2 saturated heterocycles. The maximum Gasteiger partial charge on any atom is 0.239 e. The molecule has 2 heterocycles. The molecule has 2 fully saturated rings. The van der Waals surface area contributed by atoms with Crippen molar-refractivity contribution in [2.75, 3.05) is 26.7 Å². The van der Waals surface area contributed by atoms with Crippen molar-refractivity contribution in [1.82, 2.24) is 10.2 Å². The molecule has 0 bridgehead atoms. The van der Waals surface area contributed by atoms with Gasteiger partial charge in [-0.1, -0.05) is 6.42 Å². The largest absolute Gasteiger partial charge is 0.380 e. The average Bonchev–Trinajstić information content (AvgIpc) is 2.78. The lowest BCUT2D eigenvalue weighted by molar-refractivity contribution is -0.133. The van der Waals surface area contributed by atoms with Crippen LogP contribution in [0, 0.1) is 0 Å². The topological polar surface area (TPSA) is 41.6 Å². The maximum atomic E-state index is 12.1. The van der Waals surface area contributed by atoms with Crippen LogP contribution < -0.4 is 5.32 Å². The highest BCUT2D eigenvalue weighted by molar-refractivity contribution is 5.82. The second kappa shape index (κ2) is 4.94.